The van der Waals surface area contributed by atoms with E-state index in [-0.39, 0.29) is 22.4 Å². The van der Waals surface area contributed by atoms with Gasteiger partial charge in [-0.15, -0.1) is 0 Å². The summed E-state index contributed by atoms with van der Waals surface area (Å²) in [4.78, 5) is 0. The Balaban J connectivity index is 0.000000490. The predicted octanol–water partition coefficient (Wildman–Crippen LogP) is 0.679. The van der Waals surface area contributed by atoms with Crippen LogP contribution in [-0.2, 0) is 27.1 Å². The molecule has 1 nitrogen and oxygen atoms in total. The van der Waals surface area contributed by atoms with Gasteiger partial charge in [0.15, 0.2) is 0 Å². The Morgan fingerprint density at radius 1 is 1.38 bits per heavy atom. The van der Waals surface area contributed by atoms with Crippen LogP contribution < -0.4 is 0 Å². The molecule has 1 saturated heterocycles. The SMILES string of the molecule is [Au].[Se]C1CCCCO1. The standard InChI is InChI=1S/C5H9OSe.Au/c7-5-3-1-2-4-6-5;/h5H,1-4H2;. The number of ether oxygens (including phenoxy) is 1. The van der Waals surface area contributed by atoms with Gasteiger partial charge in [0.25, 0.3) is 0 Å². The van der Waals surface area contributed by atoms with Crippen molar-refractivity contribution < 1.29 is 27.1 Å². The minimum absolute atomic E-state index is 0. The molecule has 1 aliphatic rings. The molecule has 1 aliphatic heterocycles. The van der Waals surface area contributed by atoms with E-state index in [2.05, 4.69) is 16.0 Å². The Morgan fingerprint density at radius 2 is 2.12 bits per heavy atom. The summed E-state index contributed by atoms with van der Waals surface area (Å²) < 4.78 is 5.22. The molecule has 0 N–H and O–H groups in total. The van der Waals surface area contributed by atoms with E-state index in [9.17, 15) is 0 Å². The summed E-state index contributed by atoms with van der Waals surface area (Å²) in [7, 11) is 0. The quantitative estimate of drug-likeness (QED) is 0.577. The van der Waals surface area contributed by atoms with Gasteiger partial charge in [0.05, 0.1) is 0 Å². The van der Waals surface area contributed by atoms with Crippen molar-refractivity contribution in [2.45, 2.75) is 24.3 Å². The number of hydrogen-bond donors (Lipinski definition) is 0. The van der Waals surface area contributed by atoms with Crippen LogP contribution in [0.1, 0.15) is 19.3 Å². The first kappa shape index (κ1) is 9.22. The zero-order chi connectivity index (χ0) is 5.11. The molecule has 2 radical (unpaired) electrons. The monoisotopic (exact) mass is 362 g/mol. The van der Waals surface area contributed by atoms with Crippen LogP contribution in [0.4, 0.5) is 0 Å². The molecule has 0 bridgehead atoms. The van der Waals surface area contributed by atoms with Gasteiger partial charge in [-0.1, -0.05) is 0 Å². The number of hydrogen-bond acceptors (Lipinski definition) is 1. The molecule has 1 rings (SSSR count). The van der Waals surface area contributed by atoms with E-state index in [1.807, 2.05) is 0 Å². The third-order valence-electron chi connectivity index (χ3n) is 1.14. The van der Waals surface area contributed by atoms with Crippen LogP contribution in [0.3, 0.4) is 0 Å². The summed E-state index contributed by atoms with van der Waals surface area (Å²) in [5.41, 5.74) is 0. The van der Waals surface area contributed by atoms with E-state index >= 15 is 0 Å². The van der Waals surface area contributed by atoms with E-state index in [4.69, 9.17) is 4.74 Å². The summed E-state index contributed by atoms with van der Waals surface area (Å²) in [6.45, 7) is 0.956. The van der Waals surface area contributed by atoms with Crippen LogP contribution in [0.5, 0.6) is 0 Å². The molecule has 0 aliphatic carbocycles. The molecule has 0 spiro atoms. The van der Waals surface area contributed by atoms with Gasteiger partial charge in [-0.3, -0.25) is 0 Å². The second-order valence-corrected chi connectivity index (χ2v) is 2.90. The van der Waals surface area contributed by atoms with Gasteiger partial charge in [0, 0.05) is 22.4 Å². The van der Waals surface area contributed by atoms with E-state index in [1.165, 1.54) is 19.3 Å². The minimum atomic E-state index is 0. The molecular weight excluding hydrogens is 352 g/mol. The Morgan fingerprint density at radius 3 is 2.38 bits per heavy atom. The molecule has 1 heterocycles. The summed E-state index contributed by atoms with van der Waals surface area (Å²) in [6, 6.07) is 0. The van der Waals surface area contributed by atoms with Crippen molar-refractivity contribution in [2.24, 2.45) is 0 Å². The van der Waals surface area contributed by atoms with Crippen molar-refractivity contribution in [3.8, 4) is 0 Å². The third-order valence-corrected chi connectivity index (χ3v) is 1.92. The van der Waals surface area contributed by atoms with Crippen molar-refractivity contribution >= 4 is 16.0 Å². The molecule has 1 fully saturated rings. The number of rotatable bonds is 0. The van der Waals surface area contributed by atoms with Crippen LogP contribution in [0.2, 0.25) is 0 Å². The molecule has 0 amide bonds. The van der Waals surface area contributed by atoms with Gasteiger partial charge in [0.1, 0.15) is 0 Å². The molecule has 0 aromatic rings. The van der Waals surface area contributed by atoms with Gasteiger partial charge < -0.3 is 0 Å². The Labute approximate surface area is 73.9 Å². The van der Waals surface area contributed by atoms with Crippen molar-refractivity contribution in [3.63, 3.8) is 0 Å². The molecule has 0 saturated carbocycles. The van der Waals surface area contributed by atoms with Gasteiger partial charge >= 0.3 is 51.6 Å². The second-order valence-electron chi connectivity index (χ2n) is 1.80. The van der Waals surface area contributed by atoms with Crippen LogP contribution >= 0.6 is 0 Å². The normalized spacial score (nSPS) is 28.9. The first-order valence-electron chi connectivity index (χ1n) is 2.67. The first-order valence-corrected chi connectivity index (χ1v) is 3.66. The van der Waals surface area contributed by atoms with Gasteiger partial charge in [0.2, 0.25) is 0 Å². The molecule has 1 atom stereocenters. The summed E-state index contributed by atoms with van der Waals surface area (Å²) in [6.07, 6.45) is 3.79. The van der Waals surface area contributed by atoms with Crippen LogP contribution in [-0.4, -0.2) is 27.6 Å². The van der Waals surface area contributed by atoms with Crippen LogP contribution in [0.15, 0.2) is 0 Å². The molecule has 1 unspecified atom stereocenters. The molecule has 0 aromatic heterocycles. The Kier molecular flexibility index (Phi) is 5.81. The summed E-state index contributed by atoms with van der Waals surface area (Å²) in [5, 5.41) is 0.411. The van der Waals surface area contributed by atoms with E-state index in [1.54, 1.807) is 0 Å². The molecule has 0 aromatic carbocycles. The fourth-order valence-electron chi connectivity index (χ4n) is 0.711. The van der Waals surface area contributed by atoms with E-state index in [0.717, 1.165) is 6.61 Å². The van der Waals surface area contributed by atoms with Crippen molar-refractivity contribution in [3.05, 3.63) is 0 Å². The third kappa shape index (κ3) is 3.29. The maximum atomic E-state index is 5.22. The maximum absolute atomic E-state index is 5.22. The van der Waals surface area contributed by atoms with Crippen molar-refractivity contribution in [2.75, 3.05) is 6.61 Å². The van der Waals surface area contributed by atoms with E-state index < -0.39 is 0 Å². The molecule has 52 valence electrons. The van der Waals surface area contributed by atoms with Crippen LogP contribution in [0, 0.1) is 0 Å². The Bertz CT molecular complexity index is 54.4. The molecule has 8 heavy (non-hydrogen) atoms. The molecular formula is C5H9AuOSe. The average molecular weight is 361 g/mol. The zero-order valence-corrected chi connectivity index (χ0v) is 8.40. The van der Waals surface area contributed by atoms with Crippen molar-refractivity contribution in [1.29, 1.82) is 0 Å². The first-order chi connectivity index (χ1) is 3.39. The molecule has 3 heteroatoms. The van der Waals surface area contributed by atoms with Gasteiger partial charge in [-0.05, 0) is 0 Å². The zero-order valence-electron chi connectivity index (χ0n) is 4.52. The summed E-state index contributed by atoms with van der Waals surface area (Å²) >= 11 is 2.96. The second kappa shape index (κ2) is 5.04. The van der Waals surface area contributed by atoms with E-state index in [0.29, 0.717) is 5.00 Å². The van der Waals surface area contributed by atoms with Crippen molar-refractivity contribution in [1.82, 2.24) is 0 Å². The summed E-state index contributed by atoms with van der Waals surface area (Å²) in [5.74, 6) is 0. The van der Waals surface area contributed by atoms with Crippen LogP contribution in [0.25, 0.3) is 0 Å². The van der Waals surface area contributed by atoms with Gasteiger partial charge in [-0.25, -0.2) is 0 Å². The predicted molar refractivity (Wildman–Crippen MR) is 29.3 cm³/mol. The van der Waals surface area contributed by atoms with Gasteiger partial charge in [-0.2, -0.15) is 0 Å². The average Bonchev–Trinajstić information content (AvgIpc) is 1.69. The Hall–Kier alpha value is 1.22. The topological polar surface area (TPSA) is 9.23 Å². The fraction of sp³-hybridized carbons (Fsp3) is 1.00. The fourth-order valence-corrected chi connectivity index (χ4v) is 1.26.